The van der Waals surface area contributed by atoms with Gasteiger partial charge in [-0.2, -0.15) is 0 Å². The summed E-state index contributed by atoms with van der Waals surface area (Å²) >= 11 is 0. The second kappa shape index (κ2) is 3.82. The van der Waals surface area contributed by atoms with Crippen molar-refractivity contribution in [3.63, 3.8) is 0 Å². The average Bonchev–Trinajstić information content (AvgIpc) is 2.78. The average molecular weight is 194 g/mol. The van der Waals surface area contributed by atoms with Crippen molar-refractivity contribution in [3.05, 3.63) is 0 Å². The third-order valence-corrected chi connectivity index (χ3v) is 4.74. The van der Waals surface area contributed by atoms with Gasteiger partial charge in [0, 0.05) is 0 Å². The second-order valence-electron chi connectivity index (χ2n) is 5.50. The molecule has 2 saturated heterocycles. The Morgan fingerprint density at radius 2 is 1.29 bits per heavy atom. The Morgan fingerprint density at radius 1 is 0.643 bits per heavy atom. The maximum atomic E-state index is 3.54. The van der Waals surface area contributed by atoms with E-state index in [0.29, 0.717) is 0 Å². The summed E-state index contributed by atoms with van der Waals surface area (Å²) in [5.74, 6) is 4.21. The highest BCUT2D eigenvalue weighted by atomic mass is 14.9. The molecule has 1 saturated carbocycles. The molecule has 0 aromatic carbocycles. The molecule has 0 amide bonds. The maximum Gasteiger partial charge on any atom is -0.00172 e. The van der Waals surface area contributed by atoms with Gasteiger partial charge in [0.1, 0.15) is 0 Å². The van der Waals surface area contributed by atoms with Crippen LogP contribution in [-0.4, -0.2) is 26.2 Å². The second-order valence-corrected chi connectivity index (χ2v) is 5.50. The van der Waals surface area contributed by atoms with Crippen LogP contribution in [0, 0.1) is 23.7 Å². The topological polar surface area (TPSA) is 24.1 Å². The molecule has 2 aliphatic heterocycles. The first-order valence-electron chi connectivity index (χ1n) is 6.35. The molecule has 3 fully saturated rings. The number of hydrogen-bond donors (Lipinski definition) is 2. The van der Waals surface area contributed by atoms with Crippen molar-refractivity contribution >= 4 is 0 Å². The van der Waals surface area contributed by atoms with E-state index in [1.807, 2.05) is 0 Å². The highest BCUT2D eigenvalue weighted by molar-refractivity contribution is 4.93. The van der Waals surface area contributed by atoms with Crippen LogP contribution < -0.4 is 10.6 Å². The summed E-state index contributed by atoms with van der Waals surface area (Å²) < 4.78 is 0. The first-order valence-corrected chi connectivity index (χ1v) is 6.35. The van der Waals surface area contributed by atoms with Gasteiger partial charge in [0.05, 0.1) is 0 Å². The van der Waals surface area contributed by atoms with Crippen LogP contribution in [0.2, 0.25) is 0 Å². The lowest BCUT2D eigenvalue weighted by molar-refractivity contribution is 0.252. The maximum absolute atomic E-state index is 3.54. The predicted octanol–water partition coefficient (Wildman–Crippen LogP) is 1.23. The normalized spacial score (nSPS) is 44.1. The van der Waals surface area contributed by atoms with Gasteiger partial charge in [0.15, 0.2) is 0 Å². The van der Waals surface area contributed by atoms with Crippen LogP contribution >= 0.6 is 0 Å². The summed E-state index contributed by atoms with van der Waals surface area (Å²) in [6.07, 6.45) is 5.94. The Bertz CT molecular complexity index is 186. The number of hydrogen-bond acceptors (Lipinski definition) is 2. The molecular weight excluding hydrogens is 172 g/mol. The Morgan fingerprint density at radius 3 is 1.93 bits per heavy atom. The van der Waals surface area contributed by atoms with Gasteiger partial charge >= 0.3 is 0 Å². The molecule has 2 N–H and O–H groups in total. The zero-order chi connectivity index (χ0) is 9.38. The smallest absolute Gasteiger partial charge is 0.00172 e. The first kappa shape index (κ1) is 9.17. The van der Waals surface area contributed by atoms with Crippen LogP contribution in [0.3, 0.4) is 0 Å². The molecule has 0 spiro atoms. The molecule has 0 aromatic heterocycles. The molecular formula is C12H22N2. The van der Waals surface area contributed by atoms with Crippen molar-refractivity contribution in [2.75, 3.05) is 26.2 Å². The summed E-state index contributed by atoms with van der Waals surface area (Å²) in [5, 5.41) is 7.01. The molecule has 14 heavy (non-hydrogen) atoms. The fraction of sp³-hybridized carbons (Fsp3) is 1.00. The van der Waals surface area contributed by atoms with E-state index in [0.717, 1.165) is 23.7 Å². The molecule has 0 aromatic rings. The molecule has 0 bridgehead atoms. The number of fused-ring (bicyclic) bond motifs is 1. The fourth-order valence-electron chi connectivity index (χ4n) is 3.91. The predicted molar refractivity (Wildman–Crippen MR) is 58.2 cm³/mol. The lowest BCUT2D eigenvalue weighted by Gasteiger charge is -2.28. The van der Waals surface area contributed by atoms with Gasteiger partial charge in [-0.15, -0.1) is 0 Å². The molecule has 80 valence electrons. The summed E-state index contributed by atoms with van der Waals surface area (Å²) in [6.45, 7) is 5.17. The van der Waals surface area contributed by atoms with Gasteiger partial charge in [-0.05, 0) is 75.5 Å². The molecule has 3 aliphatic rings. The molecule has 2 nitrogen and oxygen atoms in total. The van der Waals surface area contributed by atoms with Gasteiger partial charge in [-0.3, -0.25) is 0 Å². The molecule has 2 atom stereocenters. The number of piperidine rings is 1. The van der Waals surface area contributed by atoms with E-state index in [2.05, 4.69) is 10.6 Å². The number of nitrogens with one attached hydrogen (secondary N) is 2. The van der Waals surface area contributed by atoms with Crippen LogP contribution in [0.25, 0.3) is 0 Å². The van der Waals surface area contributed by atoms with E-state index in [1.165, 1.54) is 51.9 Å². The minimum absolute atomic E-state index is 1.04. The molecule has 2 heteroatoms. The third kappa shape index (κ3) is 1.59. The van der Waals surface area contributed by atoms with E-state index >= 15 is 0 Å². The quantitative estimate of drug-likeness (QED) is 0.656. The van der Waals surface area contributed by atoms with Crippen molar-refractivity contribution < 1.29 is 0 Å². The van der Waals surface area contributed by atoms with Crippen molar-refractivity contribution in [1.82, 2.24) is 10.6 Å². The Hall–Kier alpha value is -0.0800. The lowest BCUT2D eigenvalue weighted by atomic mass is 9.83. The van der Waals surface area contributed by atoms with Crippen LogP contribution in [0.1, 0.15) is 25.7 Å². The highest BCUT2D eigenvalue weighted by Crippen LogP contribution is 2.44. The summed E-state index contributed by atoms with van der Waals surface area (Å²) in [6, 6.07) is 0. The van der Waals surface area contributed by atoms with Crippen molar-refractivity contribution in [1.29, 1.82) is 0 Å². The Labute approximate surface area is 86.8 Å². The van der Waals surface area contributed by atoms with Gasteiger partial charge in [-0.25, -0.2) is 0 Å². The van der Waals surface area contributed by atoms with Gasteiger partial charge < -0.3 is 10.6 Å². The number of rotatable bonds is 1. The van der Waals surface area contributed by atoms with Crippen LogP contribution in [-0.2, 0) is 0 Å². The molecule has 3 rings (SSSR count). The standard InChI is InChI=1S/C12H22N2/c1-3-13-4-2-9(1)10-5-11-7-14-8-12(11)6-10/h9-14H,1-8H2. The van der Waals surface area contributed by atoms with Gasteiger partial charge in [-0.1, -0.05) is 0 Å². The summed E-state index contributed by atoms with van der Waals surface area (Å²) in [4.78, 5) is 0. The van der Waals surface area contributed by atoms with Crippen LogP contribution in [0.15, 0.2) is 0 Å². The molecule has 1 aliphatic carbocycles. The van der Waals surface area contributed by atoms with Crippen molar-refractivity contribution in [3.8, 4) is 0 Å². The Balaban J connectivity index is 1.59. The van der Waals surface area contributed by atoms with E-state index in [1.54, 1.807) is 0 Å². The summed E-state index contributed by atoms with van der Waals surface area (Å²) in [5.41, 5.74) is 0. The third-order valence-electron chi connectivity index (χ3n) is 4.74. The largest absolute Gasteiger partial charge is 0.317 e. The van der Waals surface area contributed by atoms with Gasteiger partial charge in [0.2, 0.25) is 0 Å². The van der Waals surface area contributed by atoms with E-state index < -0.39 is 0 Å². The summed E-state index contributed by atoms with van der Waals surface area (Å²) in [7, 11) is 0. The van der Waals surface area contributed by atoms with Crippen molar-refractivity contribution in [2.45, 2.75) is 25.7 Å². The first-order chi connectivity index (χ1) is 6.93. The van der Waals surface area contributed by atoms with E-state index in [4.69, 9.17) is 0 Å². The zero-order valence-corrected chi connectivity index (χ0v) is 8.97. The van der Waals surface area contributed by atoms with Gasteiger partial charge in [0.25, 0.3) is 0 Å². The Kier molecular flexibility index (Phi) is 2.50. The lowest BCUT2D eigenvalue weighted by Crippen LogP contribution is -2.31. The zero-order valence-electron chi connectivity index (χ0n) is 8.97. The van der Waals surface area contributed by atoms with E-state index in [9.17, 15) is 0 Å². The minimum atomic E-state index is 1.04. The minimum Gasteiger partial charge on any atom is -0.317 e. The SMILES string of the molecule is C1CC(C2CC3CNCC3C2)CCN1. The van der Waals surface area contributed by atoms with E-state index in [-0.39, 0.29) is 0 Å². The van der Waals surface area contributed by atoms with Crippen LogP contribution in [0.4, 0.5) is 0 Å². The fourth-order valence-corrected chi connectivity index (χ4v) is 3.91. The van der Waals surface area contributed by atoms with Crippen molar-refractivity contribution in [2.24, 2.45) is 23.7 Å². The monoisotopic (exact) mass is 194 g/mol. The highest BCUT2D eigenvalue weighted by Gasteiger charge is 2.40. The molecule has 2 unspecified atom stereocenters. The molecule has 2 heterocycles. The van der Waals surface area contributed by atoms with Crippen LogP contribution in [0.5, 0.6) is 0 Å². The molecule has 0 radical (unpaired) electrons.